The molecule has 0 radical (unpaired) electrons. The van der Waals surface area contributed by atoms with Crippen LogP contribution in [0.15, 0.2) is 96.6 Å². The zero-order chi connectivity index (χ0) is 29.6. The largest absolute Gasteiger partial charge is 0.363 e. The fourth-order valence-electron chi connectivity index (χ4n) is 8.03. The van der Waals surface area contributed by atoms with Crippen LogP contribution in [0.2, 0.25) is 0 Å². The van der Waals surface area contributed by atoms with Crippen molar-refractivity contribution < 1.29 is 14.3 Å². The molecule has 1 N–H and O–H groups in total. The minimum absolute atomic E-state index is 0.0733. The van der Waals surface area contributed by atoms with Crippen molar-refractivity contribution in [3.8, 4) is 0 Å². The highest BCUT2D eigenvalue weighted by atomic mass is 16.5. The highest BCUT2D eigenvalue weighted by Gasteiger charge is 2.69. The van der Waals surface area contributed by atoms with Gasteiger partial charge in [0.25, 0.3) is 0 Å². The van der Waals surface area contributed by atoms with E-state index in [-0.39, 0.29) is 42.7 Å². The smallest absolute Gasteiger partial charge is 0.334 e. The molecule has 4 unspecified atom stereocenters. The molecule has 8 nitrogen and oxygen atoms in total. The number of amides is 3. The van der Waals surface area contributed by atoms with Crippen LogP contribution < -0.4 is 5.32 Å². The number of nitrogens with one attached hydrogen (secondary N) is 1. The van der Waals surface area contributed by atoms with E-state index in [9.17, 15) is 9.59 Å². The van der Waals surface area contributed by atoms with E-state index in [0.29, 0.717) is 13.1 Å². The summed E-state index contributed by atoms with van der Waals surface area (Å²) < 4.78 is 6.64. The van der Waals surface area contributed by atoms with Gasteiger partial charge in [-0.25, -0.2) is 14.8 Å². The number of ether oxygens (including phenoxy) is 1. The third-order valence-electron chi connectivity index (χ3n) is 9.99. The Labute approximate surface area is 254 Å². The first-order chi connectivity index (χ1) is 21.0. The van der Waals surface area contributed by atoms with Crippen LogP contribution in [0.3, 0.4) is 0 Å². The van der Waals surface area contributed by atoms with Gasteiger partial charge in [-0.3, -0.25) is 9.69 Å². The molecule has 43 heavy (non-hydrogen) atoms. The summed E-state index contributed by atoms with van der Waals surface area (Å²) in [5, 5.41) is 6.72. The fraction of sp³-hybridized carbons (Fsp3) is 0.429. The Hall–Kier alpha value is -3.72. The van der Waals surface area contributed by atoms with Crippen molar-refractivity contribution in [3.05, 3.63) is 108 Å². The third-order valence-corrected chi connectivity index (χ3v) is 9.99. The number of nitrogens with zero attached hydrogens (tertiary/aromatic N) is 4. The summed E-state index contributed by atoms with van der Waals surface area (Å²) in [5.74, 6) is 0.218. The first kappa shape index (κ1) is 28.1. The van der Waals surface area contributed by atoms with Gasteiger partial charge >= 0.3 is 6.03 Å². The Balaban J connectivity index is 1.30. The summed E-state index contributed by atoms with van der Waals surface area (Å²) in [6, 6.07) is 20.3. The standard InChI is InChI=1S/C35H41N5O3/c1-3-4-18-29-35-30-19-12-11-17-27(20-31(35)43-30)28(26-15-9-6-10-16-26)22-38(35)23-32-39(29)33(41)24-37(2)40(32)34(42)36-21-25-13-7-5-8-14-25/h5-17,19-20,28-32H,3-4,18,21-24H2,1-2H3,(H,36,42)/b17-11?,19-12-/t28?,29-,30?,31?,32-,35?/m0/s1. The Bertz CT molecular complexity index is 1440. The molecule has 224 valence electrons. The molecule has 2 aromatic carbocycles. The fourth-order valence-corrected chi connectivity index (χ4v) is 8.03. The van der Waals surface area contributed by atoms with E-state index in [1.165, 1.54) is 11.1 Å². The van der Waals surface area contributed by atoms with Gasteiger partial charge in [-0.1, -0.05) is 105 Å². The third kappa shape index (κ3) is 4.63. The van der Waals surface area contributed by atoms with Crippen LogP contribution in [-0.4, -0.2) is 88.4 Å². The van der Waals surface area contributed by atoms with Crippen molar-refractivity contribution >= 4 is 11.9 Å². The lowest BCUT2D eigenvalue weighted by molar-refractivity contribution is -0.285. The normalized spacial score (nSPS) is 32.4. The molecule has 5 aliphatic heterocycles. The molecule has 0 saturated carbocycles. The predicted molar refractivity (Wildman–Crippen MR) is 166 cm³/mol. The maximum Gasteiger partial charge on any atom is 0.334 e. The van der Waals surface area contributed by atoms with Crippen LogP contribution in [0.4, 0.5) is 4.79 Å². The van der Waals surface area contributed by atoms with Gasteiger partial charge in [-0.05, 0) is 29.2 Å². The van der Waals surface area contributed by atoms with Gasteiger partial charge in [0.15, 0.2) is 0 Å². The Morgan fingerprint density at radius 3 is 2.56 bits per heavy atom. The van der Waals surface area contributed by atoms with Gasteiger partial charge in [0.1, 0.15) is 23.9 Å². The molecule has 5 aliphatic rings. The van der Waals surface area contributed by atoms with Gasteiger partial charge in [-0.15, -0.1) is 0 Å². The minimum Gasteiger partial charge on any atom is -0.363 e. The summed E-state index contributed by atoms with van der Waals surface area (Å²) in [5.41, 5.74) is 3.14. The average molecular weight is 580 g/mol. The average Bonchev–Trinajstić information content (AvgIpc) is 3.10. The molecule has 0 aromatic heterocycles. The molecule has 3 amide bonds. The predicted octanol–water partition coefficient (Wildman–Crippen LogP) is 4.44. The first-order valence-corrected chi connectivity index (χ1v) is 15.7. The van der Waals surface area contributed by atoms with E-state index >= 15 is 0 Å². The first-order valence-electron chi connectivity index (χ1n) is 15.7. The zero-order valence-corrected chi connectivity index (χ0v) is 25.0. The maximum absolute atomic E-state index is 14.0. The lowest BCUT2D eigenvalue weighted by atomic mass is 9.68. The molecule has 1 spiro atoms. The van der Waals surface area contributed by atoms with Crippen molar-refractivity contribution in [2.24, 2.45) is 0 Å². The highest BCUT2D eigenvalue weighted by molar-refractivity contribution is 5.83. The minimum atomic E-state index is -0.420. The summed E-state index contributed by atoms with van der Waals surface area (Å²) >= 11 is 0. The van der Waals surface area contributed by atoms with Crippen LogP contribution in [-0.2, 0) is 16.1 Å². The van der Waals surface area contributed by atoms with Gasteiger partial charge in [0.05, 0.1) is 12.6 Å². The molecule has 0 aliphatic carbocycles. The molecule has 5 heterocycles. The van der Waals surface area contributed by atoms with Gasteiger partial charge in [0, 0.05) is 32.6 Å². The number of hydrogen-bond donors (Lipinski definition) is 1. The SMILES string of the molecule is CCCC[C@@H]1N2C(=O)CN(C)N(C(=O)NCc3ccccc3)[C@H]2CN2CC(c3ccccc3)C3=CC4OC(/C=C\C=C3)C412. The number of carbonyl (C=O) groups is 2. The summed E-state index contributed by atoms with van der Waals surface area (Å²) in [6.07, 6.45) is 13.1. The number of carbonyl (C=O) groups excluding carboxylic acids is 2. The molecule has 7 rings (SSSR count). The van der Waals surface area contributed by atoms with Crippen LogP contribution >= 0.6 is 0 Å². The number of piperazine rings is 1. The molecule has 2 aromatic rings. The monoisotopic (exact) mass is 579 g/mol. The summed E-state index contributed by atoms with van der Waals surface area (Å²) in [6.45, 7) is 4.13. The lowest BCUT2D eigenvalue weighted by Gasteiger charge is -2.69. The number of likely N-dealkylation sites (N-methyl/N-ethyl adjacent to an activating group) is 1. The van der Waals surface area contributed by atoms with Crippen LogP contribution in [0.5, 0.6) is 0 Å². The Morgan fingerprint density at radius 2 is 1.79 bits per heavy atom. The number of urea groups is 1. The van der Waals surface area contributed by atoms with Crippen molar-refractivity contribution in [3.63, 3.8) is 0 Å². The Kier molecular flexibility index (Phi) is 7.45. The van der Waals surface area contributed by atoms with Crippen molar-refractivity contribution in [1.29, 1.82) is 0 Å². The van der Waals surface area contributed by atoms with Crippen molar-refractivity contribution in [2.75, 3.05) is 26.7 Å². The quantitative estimate of drug-likeness (QED) is 0.548. The zero-order valence-electron chi connectivity index (χ0n) is 25.0. The van der Waals surface area contributed by atoms with E-state index in [1.807, 2.05) is 37.4 Å². The second kappa shape index (κ2) is 11.4. The summed E-state index contributed by atoms with van der Waals surface area (Å²) in [4.78, 5) is 32.6. The van der Waals surface area contributed by atoms with E-state index in [0.717, 1.165) is 31.4 Å². The van der Waals surface area contributed by atoms with Gasteiger partial charge in [-0.2, -0.15) is 0 Å². The number of rotatable bonds is 6. The lowest BCUT2D eigenvalue weighted by Crippen LogP contribution is -2.88. The number of unbranched alkanes of at least 4 members (excludes halogenated alkanes) is 1. The molecule has 3 bridgehead atoms. The molecule has 3 saturated heterocycles. The molecule has 6 atom stereocenters. The molecular formula is C35H41N5O3. The Morgan fingerprint density at radius 1 is 1.02 bits per heavy atom. The van der Waals surface area contributed by atoms with Crippen LogP contribution in [0, 0.1) is 0 Å². The molecule has 8 heteroatoms. The van der Waals surface area contributed by atoms with E-state index in [4.69, 9.17) is 4.74 Å². The number of fused-ring (bicyclic) bond motifs is 2. The van der Waals surface area contributed by atoms with Crippen LogP contribution in [0.1, 0.15) is 43.2 Å². The van der Waals surface area contributed by atoms with Crippen molar-refractivity contribution in [2.45, 2.75) is 68.6 Å². The van der Waals surface area contributed by atoms with Gasteiger partial charge < -0.3 is 15.0 Å². The van der Waals surface area contributed by atoms with Crippen LogP contribution in [0.25, 0.3) is 0 Å². The topological polar surface area (TPSA) is 68.4 Å². The molecule has 3 fully saturated rings. The second-order valence-electron chi connectivity index (χ2n) is 12.4. The number of hydrogen-bond acceptors (Lipinski definition) is 5. The molecular weight excluding hydrogens is 538 g/mol. The van der Waals surface area contributed by atoms with E-state index in [2.05, 4.69) is 82.8 Å². The number of hydrazine groups is 1. The number of benzene rings is 2. The summed E-state index contributed by atoms with van der Waals surface area (Å²) in [7, 11) is 1.85. The second-order valence-corrected chi connectivity index (χ2v) is 12.4. The van der Waals surface area contributed by atoms with E-state index in [1.54, 1.807) is 10.0 Å². The van der Waals surface area contributed by atoms with Gasteiger partial charge in [0.2, 0.25) is 5.91 Å². The van der Waals surface area contributed by atoms with Crippen molar-refractivity contribution in [1.82, 2.24) is 25.1 Å². The highest BCUT2D eigenvalue weighted by Crippen LogP contribution is 2.53. The maximum atomic E-state index is 14.0. The number of allylic oxidation sites excluding steroid dienone is 3. The van der Waals surface area contributed by atoms with E-state index < -0.39 is 11.7 Å².